The fraction of sp³-hybridized carbons (Fsp3) is 0.500. The molecule has 0 unspecified atom stereocenters. The number of aryl methyl sites for hydroxylation is 1. The summed E-state index contributed by atoms with van der Waals surface area (Å²) in [5, 5.41) is 8.48. The summed E-state index contributed by atoms with van der Waals surface area (Å²) in [7, 11) is 1.94. The second kappa shape index (κ2) is 8.41. The second-order valence-corrected chi connectivity index (χ2v) is 9.44. The van der Waals surface area contributed by atoms with Crippen molar-refractivity contribution in [2.24, 2.45) is 13.0 Å². The Labute approximate surface area is 187 Å². The molecule has 1 saturated carbocycles. The molecule has 0 aromatic carbocycles. The number of pyridine rings is 1. The van der Waals surface area contributed by atoms with Crippen molar-refractivity contribution in [2.75, 3.05) is 11.9 Å². The fourth-order valence-electron chi connectivity index (χ4n) is 4.41. The standard InChI is InChI=1S/C24H31N5O3/c1-15(2)14-32-21-11-19(27-29(23(21)31)24(4)8-6-7-9-24)18-13-28(5)20-12-25-22(10-17(18)20)26-16(3)30/h10-13,15H,6-9,14H2,1-5H3,(H,25,26,30). The van der Waals surface area contributed by atoms with E-state index in [1.165, 1.54) is 6.92 Å². The smallest absolute Gasteiger partial charge is 0.309 e. The summed E-state index contributed by atoms with van der Waals surface area (Å²) in [6.07, 6.45) is 7.70. The van der Waals surface area contributed by atoms with Crippen molar-refractivity contribution >= 4 is 22.6 Å². The topological polar surface area (TPSA) is 91.0 Å². The van der Waals surface area contributed by atoms with Crippen LogP contribution in [0.5, 0.6) is 5.75 Å². The van der Waals surface area contributed by atoms with Gasteiger partial charge in [0.15, 0.2) is 5.75 Å². The van der Waals surface area contributed by atoms with E-state index in [9.17, 15) is 9.59 Å². The Balaban J connectivity index is 1.90. The summed E-state index contributed by atoms with van der Waals surface area (Å²) in [5.41, 5.74) is 1.93. The van der Waals surface area contributed by atoms with Gasteiger partial charge in [-0.2, -0.15) is 5.10 Å². The van der Waals surface area contributed by atoms with Crippen molar-refractivity contribution in [3.63, 3.8) is 0 Å². The van der Waals surface area contributed by atoms with Crippen molar-refractivity contribution in [3.8, 4) is 17.0 Å². The number of amides is 1. The maximum Gasteiger partial charge on any atom is 0.309 e. The quantitative estimate of drug-likeness (QED) is 0.627. The molecule has 3 aromatic heterocycles. The predicted molar refractivity (Wildman–Crippen MR) is 125 cm³/mol. The van der Waals surface area contributed by atoms with Crippen LogP contribution < -0.4 is 15.6 Å². The van der Waals surface area contributed by atoms with E-state index in [-0.39, 0.29) is 17.0 Å². The number of fused-ring (bicyclic) bond motifs is 1. The van der Waals surface area contributed by atoms with Crippen LogP contribution in [0.1, 0.15) is 53.4 Å². The van der Waals surface area contributed by atoms with E-state index < -0.39 is 0 Å². The molecule has 3 heterocycles. The minimum Gasteiger partial charge on any atom is -0.488 e. The summed E-state index contributed by atoms with van der Waals surface area (Å²) in [4.78, 5) is 29.2. The highest BCUT2D eigenvalue weighted by molar-refractivity contribution is 5.98. The molecule has 1 fully saturated rings. The SMILES string of the molecule is CC(=O)Nc1cc2c(-c3cc(OCC(C)C)c(=O)n(C4(C)CCCC4)n3)cn(C)c2cn1. The van der Waals surface area contributed by atoms with Crippen molar-refractivity contribution < 1.29 is 9.53 Å². The van der Waals surface area contributed by atoms with Gasteiger partial charge in [-0.3, -0.25) is 9.59 Å². The Hall–Kier alpha value is -3.16. The van der Waals surface area contributed by atoms with Gasteiger partial charge in [0.2, 0.25) is 5.91 Å². The summed E-state index contributed by atoms with van der Waals surface area (Å²) < 4.78 is 9.56. The molecule has 0 bridgehead atoms. The first-order valence-electron chi connectivity index (χ1n) is 11.2. The van der Waals surface area contributed by atoms with Crippen LogP contribution in [0.25, 0.3) is 22.2 Å². The maximum absolute atomic E-state index is 13.3. The lowest BCUT2D eigenvalue weighted by atomic mass is 10.0. The van der Waals surface area contributed by atoms with E-state index in [1.807, 2.05) is 23.9 Å². The van der Waals surface area contributed by atoms with Crippen LogP contribution in [0.4, 0.5) is 5.82 Å². The molecule has 0 aliphatic heterocycles. The molecule has 0 radical (unpaired) electrons. The molecule has 8 heteroatoms. The molecule has 1 amide bonds. The first-order valence-corrected chi connectivity index (χ1v) is 11.2. The normalized spacial score (nSPS) is 15.4. The van der Waals surface area contributed by atoms with Gasteiger partial charge in [-0.25, -0.2) is 9.67 Å². The van der Waals surface area contributed by atoms with E-state index in [0.717, 1.165) is 42.1 Å². The molecule has 0 atom stereocenters. The molecular formula is C24H31N5O3. The number of ether oxygens (including phenoxy) is 1. The molecule has 32 heavy (non-hydrogen) atoms. The Kier molecular flexibility index (Phi) is 5.79. The highest BCUT2D eigenvalue weighted by Crippen LogP contribution is 2.36. The van der Waals surface area contributed by atoms with E-state index in [0.29, 0.717) is 29.8 Å². The molecule has 1 aliphatic carbocycles. The zero-order valence-corrected chi connectivity index (χ0v) is 19.4. The van der Waals surface area contributed by atoms with Crippen LogP contribution in [-0.2, 0) is 17.4 Å². The highest BCUT2D eigenvalue weighted by atomic mass is 16.5. The monoisotopic (exact) mass is 437 g/mol. The summed E-state index contributed by atoms with van der Waals surface area (Å²) in [6.45, 7) is 8.13. The molecule has 170 valence electrons. The van der Waals surface area contributed by atoms with Gasteiger partial charge < -0.3 is 14.6 Å². The van der Waals surface area contributed by atoms with E-state index in [2.05, 4.69) is 31.1 Å². The van der Waals surface area contributed by atoms with Crippen LogP contribution in [-0.4, -0.2) is 31.8 Å². The van der Waals surface area contributed by atoms with Crippen molar-refractivity contribution in [3.05, 3.63) is 34.9 Å². The van der Waals surface area contributed by atoms with Crippen molar-refractivity contribution in [1.82, 2.24) is 19.3 Å². The third-order valence-corrected chi connectivity index (χ3v) is 6.10. The molecular weight excluding hydrogens is 406 g/mol. The van der Waals surface area contributed by atoms with Gasteiger partial charge in [-0.1, -0.05) is 26.7 Å². The van der Waals surface area contributed by atoms with E-state index in [1.54, 1.807) is 16.9 Å². The van der Waals surface area contributed by atoms with Crippen LogP contribution in [0.15, 0.2) is 29.3 Å². The largest absolute Gasteiger partial charge is 0.488 e. The maximum atomic E-state index is 13.3. The van der Waals surface area contributed by atoms with Crippen LogP contribution >= 0.6 is 0 Å². The number of hydrogen-bond acceptors (Lipinski definition) is 5. The van der Waals surface area contributed by atoms with Gasteiger partial charge in [0, 0.05) is 37.2 Å². The van der Waals surface area contributed by atoms with E-state index >= 15 is 0 Å². The van der Waals surface area contributed by atoms with Crippen molar-refractivity contribution in [1.29, 1.82) is 0 Å². The third kappa shape index (κ3) is 4.13. The van der Waals surface area contributed by atoms with Crippen molar-refractivity contribution in [2.45, 2.75) is 58.9 Å². The number of anilines is 1. The first-order chi connectivity index (χ1) is 15.2. The van der Waals surface area contributed by atoms with Gasteiger partial charge >= 0.3 is 5.56 Å². The van der Waals surface area contributed by atoms with Gasteiger partial charge in [0.25, 0.3) is 0 Å². The molecule has 8 nitrogen and oxygen atoms in total. The van der Waals surface area contributed by atoms with Gasteiger partial charge in [0.05, 0.1) is 29.6 Å². The van der Waals surface area contributed by atoms with E-state index in [4.69, 9.17) is 9.84 Å². The number of carbonyl (C=O) groups excluding carboxylic acids is 1. The number of rotatable bonds is 6. The molecule has 0 spiro atoms. The van der Waals surface area contributed by atoms with Crippen LogP contribution in [0.3, 0.4) is 0 Å². The Morgan fingerprint density at radius 2 is 2.00 bits per heavy atom. The van der Waals surface area contributed by atoms with Crippen LogP contribution in [0, 0.1) is 5.92 Å². The lowest BCUT2D eigenvalue weighted by Crippen LogP contribution is -2.39. The summed E-state index contributed by atoms with van der Waals surface area (Å²) in [5.74, 6) is 0.916. The lowest BCUT2D eigenvalue weighted by Gasteiger charge is -2.26. The molecule has 3 aromatic rings. The average molecular weight is 438 g/mol. The Bertz CT molecular complexity index is 1220. The Morgan fingerprint density at radius 3 is 2.66 bits per heavy atom. The summed E-state index contributed by atoms with van der Waals surface area (Å²) >= 11 is 0. The number of nitrogens with one attached hydrogen (secondary N) is 1. The minimum atomic E-state index is -0.323. The van der Waals surface area contributed by atoms with Gasteiger partial charge in [-0.05, 0) is 31.7 Å². The average Bonchev–Trinajstić information content (AvgIpc) is 3.31. The fourth-order valence-corrected chi connectivity index (χ4v) is 4.41. The van der Waals surface area contributed by atoms with Gasteiger partial charge in [-0.15, -0.1) is 0 Å². The number of hydrogen-bond donors (Lipinski definition) is 1. The zero-order chi connectivity index (χ0) is 23.0. The second-order valence-electron chi connectivity index (χ2n) is 9.44. The molecule has 4 rings (SSSR count). The minimum absolute atomic E-state index is 0.181. The van der Waals surface area contributed by atoms with Crippen LogP contribution in [0.2, 0.25) is 0 Å². The van der Waals surface area contributed by atoms with Gasteiger partial charge in [0.1, 0.15) is 5.82 Å². The molecule has 1 aliphatic rings. The highest BCUT2D eigenvalue weighted by Gasteiger charge is 2.34. The Morgan fingerprint density at radius 1 is 1.28 bits per heavy atom. The third-order valence-electron chi connectivity index (χ3n) is 6.10. The number of carbonyl (C=O) groups is 1. The summed E-state index contributed by atoms with van der Waals surface area (Å²) in [6, 6.07) is 3.59. The molecule has 1 N–H and O–H groups in total. The molecule has 0 saturated heterocycles. The number of aromatic nitrogens is 4. The lowest BCUT2D eigenvalue weighted by molar-refractivity contribution is -0.114. The number of nitrogens with zero attached hydrogens (tertiary/aromatic N) is 4. The predicted octanol–water partition coefficient (Wildman–Crippen LogP) is 4.08. The first kappa shape index (κ1) is 22.0. The zero-order valence-electron chi connectivity index (χ0n) is 19.4.